The van der Waals surface area contributed by atoms with Crippen molar-refractivity contribution >= 4 is 5.97 Å². The highest BCUT2D eigenvalue weighted by atomic mass is 19.3. The quantitative estimate of drug-likeness (QED) is 0.816. The number of carbonyl (C=O) groups excluding carboxylic acids is 1. The van der Waals surface area contributed by atoms with Crippen molar-refractivity contribution in [2.24, 2.45) is 0 Å². The van der Waals surface area contributed by atoms with Gasteiger partial charge in [-0.25, -0.2) is 18.6 Å². The molecule has 1 N–H and O–H groups in total. The second-order valence-corrected chi connectivity index (χ2v) is 2.92. The van der Waals surface area contributed by atoms with Crippen LogP contribution >= 0.6 is 0 Å². The van der Waals surface area contributed by atoms with Gasteiger partial charge in [-0.1, -0.05) is 0 Å². The lowest BCUT2D eigenvalue weighted by Crippen LogP contribution is -2.11. The van der Waals surface area contributed by atoms with Crippen LogP contribution in [0.5, 0.6) is 5.75 Å². The summed E-state index contributed by atoms with van der Waals surface area (Å²) in [5.74, 6) is -1.66. The molecule has 0 spiro atoms. The van der Waals surface area contributed by atoms with E-state index in [4.69, 9.17) is 5.26 Å². The van der Waals surface area contributed by atoms with Crippen LogP contribution < -0.4 is 0 Å². The van der Waals surface area contributed by atoms with E-state index in [9.17, 15) is 18.7 Å². The highest BCUT2D eigenvalue weighted by Gasteiger charge is 2.24. The molecular weight excluding hydrogens is 234 g/mol. The van der Waals surface area contributed by atoms with Gasteiger partial charge in [0.1, 0.15) is 11.8 Å². The first kappa shape index (κ1) is 12.8. The Morgan fingerprint density at radius 1 is 1.71 bits per heavy atom. The number of nitrogens with zero attached hydrogens (tertiary/aromatic N) is 2. The molecule has 0 amide bonds. The van der Waals surface area contributed by atoms with Crippen molar-refractivity contribution in [3.63, 3.8) is 0 Å². The predicted molar refractivity (Wildman–Crippen MR) is 51.5 cm³/mol. The highest BCUT2D eigenvalue weighted by molar-refractivity contribution is 5.91. The van der Waals surface area contributed by atoms with E-state index in [0.717, 1.165) is 6.07 Å². The van der Waals surface area contributed by atoms with Crippen molar-refractivity contribution in [1.29, 1.82) is 5.26 Å². The molecule has 7 heteroatoms. The SMILES string of the molecule is CCOC(=O)c1cc(O)c(C#N)nc1C(F)F. The number of rotatable bonds is 3. The lowest BCUT2D eigenvalue weighted by atomic mass is 10.1. The molecule has 0 radical (unpaired) electrons. The Hall–Kier alpha value is -2.23. The van der Waals surface area contributed by atoms with Crippen LogP contribution in [0.1, 0.15) is 35.1 Å². The molecule has 0 aliphatic heterocycles. The molecule has 0 saturated heterocycles. The predicted octanol–water partition coefficient (Wildman–Crippen LogP) is 1.77. The highest BCUT2D eigenvalue weighted by Crippen LogP contribution is 2.26. The van der Waals surface area contributed by atoms with Crippen molar-refractivity contribution in [1.82, 2.24) is 4.98 Å². The molecule has 0 unspecified atom stereocenters. The van der Waals surface area contributed by atoms with Gasteiger partial charge in [-0.05, 0) is 13.0 Å². The summed E-state index contributed by atoms with van der Waals surface area (Å²) in [6, 6.07) is 2.20. The summed E-state index contributed by atoms with van der Waals surface area (Å²) in [6.07, 6.45) is -3.04. The van der Waals surface area contributed by atoms with Crippen LogP contribution in [-0.2, 0) is 4.74 Å². The molecule has 1 aromatic heterocycles. The van der Waals surface area contributed by atoms with E-state index in [2.05, 4.69) is 9.72 Å². The maximum Gasteiger partial charge on any atom is 0.340 e. The molecular formula is C10H8F2N2O3. The summed E-state index contributed by atoms with van der Waals surface area (Å²) >= 11 is 0. The van der Waals surface area contributed by atoms with Gasteiger partial charge in [0.25, 0.3) is 6.43 Å². The minimum absolute atomic E-state index is 0.00226. The second kappa shape index (κ2) is 5.21. The summed E-state index contributed by atoms with van der Waals surface area (Å²) in [7, 11) is 0. The van der Waals surface area contributed by atoms with Crippen molar-refractivity contribution in [3.8, 4) is 11.8 Å². The number of halogens is 2. The summed E-state index contributed by atoms with van der Waals surface area (Å²) in [6.45, 7) is 1.51. The van der Waals surface area contributed by atoms with Crippen LogP contribution in [0, 0.1) is 11.3 Å². The standard InChI is InChI=1S/C10H8F2N2O3/c1-2-17-10(16)5-3-7(15)6(4-13)14-8(5)9(11)12/h3,9,15H,2H2,1H3. The average Bonchev–Trinajstić information content (AvgIpc) is 2.28. The van der Waals surface area contributed by atoms with Gasteiger partial charge in [0.05, 0.1) is 12.2 Å². The maximum absolute atomic E-state index is 12.6. The topological polar surface area (TPSA) is 83.2 Å². The molecule has 0 bridgehead atoms. The molecule has 0 atom stereocenters. The Labute approximate surface area is 95.3 Å². The van der Waals surface area contributed by atoms with E-state index in [-0.39, 0.29) is 6.61 Å². The van der Waals surface area contributed by atoms with Crippen molar-refractivity contribution in [2.75, 3.05) is 6.61 Å². The number of carbonyl (C=O) groups is 1. The number of aromatic hydroxyl groups is 1. The Morgan fingerprint density at radius 3 is 2.82 bits per heavy atom. The average molecular weight is 242 g/mol. The summed E-state index contributed by atoms with van der Waals surface area (Å²) in [5.41, 5.74) is -1.98. The molecule has 17 heavy (non-hydrogen) atoms. The van der Waals surface area contributed by atoms with Gasteiger partial charge >= 0.3 is 5.97 Å². The van der Waals surface area contributed by atoms with Gasteiger partial charge in [0.15, 0.2) is 11.4 Å². The first-order chi connectivity index (χ1) is 8.01. The number of pyridine rings is 1. The zero-order valence-electron chi connectivity index (χ0n) is 8.78. The molecule has 1 heterocycles. The van der Waals surface area contributed by atoms with E-state index < -0.39 is 35.1 Å². The Balaban J connectivity index is 3.34. The molecule has 0 saturated carbocycles. The summed E-state index contributed by atoms with van der Waals surface area (Å²) in [5, 5.41) is 17.8. The number of alkyl halides is 2. The number of esters is 1. The molecule has 0 fully saturated rings. The zero-order chi connectivity index (χ0) is 13.0. The summed E-state index contributed by atoms with van der Waals surface area (Å²) < 4.78 is 29.8. The smallest absolute Gasteiger partial charge is 0.340 e. The number of aromatic nitrogens is 1. The lowest BCUT2D eigenvalue weighted by molar-refractivity contribution is 0.0512. The van der Waals surface area contributed by atoms with Crippen LogP contribution in [0.2, 0.25) is 0 Å². The van der Waals surface area contributed by atoms with Crippen LogP contribution in [0.25, 0.3) is 0 Å². The van der Waals surface area contributed by atoms with Crippen LogP contribution in [-0.4, -0.2) is 22.7 Å². The maximum atomic E-state index is 12.6. The van der Waals surface area contributed by atoms with Crippen LogP contribution in [0.15, 0.2) is 6.07 Å². The Kier molecular flexibility index (Phi) is 3.93. The third-order valence-electron chi connectivity index (χ3n) is 1.84. The van der Waals surface area contributed by atoms with Gasteiger partial charge in [0, 0.05) is 0 Å². The van der Waals surface area contributed by atoms with E-state index in [0.29, 0.717) is 0 Å². The summed E-state index contributed by atoms with van der Waals surface area (Å²) in [4.78, 5) is 14.6. The van der Waals surface area contributed by atoms with Gasteiger partial charge in [-0.2, -0.15) is 5.26 Å². The van der Waals surface area contributed by atoms with Gasteiger partial charge in [-0.3, -0.25) is 0 Å². The van der Waals surface area contributed by atoms with Gasteiger partial charge < -0.3 is 9.84 Å². The number of ether oxygens (including phenoxy) is 1. The van der Waals surface area contributed by atoms with Crippen molar-refractivity contribution in [2.45, 2.75) is 13.3 Å². The van der Waals surface area contributed by atoms with Crippen molar-refractivity contribution < 1.29 is 23.4 Å². The van der Waals surface area contributed by atoms with E-state index in [1.807, 2.05) is 0 Å². The molecule has 0 aromatic carbocycles. The molecule has 1 rings (SSSR count). The Bertz CT molecular complexity index is 483. The second-order valence-electron chi connectivity index (χ2n) is 2.92. The molecule has 5 nitrogen and oxygen atoms in total. The van der Waals surface area contributed by atoms with E-state index >= 15 is 0 Å². The minimum Gasteiger partial charge on any atom is -0.505 e. The number of hydrogen-bond acceptors (Lipinski definition) is 5. The first-order valence-corrected chi connectivity index (χ1v) is 4.60. The molecule has 1 aromatic rings. The zero-order valence-corrected chi connectivity index (χ0v) is 8.78. The van der Waals surface area contributed by atoms with Gasteiger partial charge in [-0.15, -0.1) is 0 Å². The number of nitriles is 1. The normalized spacial score (nSPS) is 10.1. The first-order valence-electron chi connectivity index (χ1n) is 4.60. The molecule has 0 aliphatic carbocycles. The van der Waals surface area contributed by atoms with Gasteiger partial charge in [0.2, 0.25) is 0 Å². The van der Waals surface area contributed by atoms with E-state index in [1.54, 1.807) is 0 Å². The van der Waals surface area contributed by atoms with Crippen LogP contribution in [0.4, 0.5) is 8.78 Å². The Morgan fingerprint density at radius 2 is 2.35 bits per heavy atom. The third kappa shape index (κ3) is 2.66. The number of hydrogen-bond donors (Lipinski definition) is 1. The lowest BCUT2D eigenvalue weighted by Gasteiger charge is -2.08. The minimum atomic E-state index is -3.04. The molecule has 90 valence electrons. The third-order valence-corrected chi connectivity index (χ3v) is 1.84. The molecule has 0 aliphatic rings. The fourth-order valence-corrected chi connectivity index (χ4v) is 1.14. The van der Waals surface area contributed by atoms with E-state index in [1.165, 1.54) is 13.0 Å². The van der Waals surface area contributed by atoms with Crippen LogP contribution in [0.3, 0.4) is 0 Å². The monoisotopic (exact) mass is 242 g/mol. The van der Waals surface area contributed by atoms with Crippen molar-refractivity contribution in [3.05, 3.63) is 23.0 Å². The largest absolute Gasteiger partial charge is 0.505 e. The fourth-order valence-electron chi connectivity index (χ4n) is 1.14. The fraction of sp³-hybridized carbons (Fsp3) is 0.300.